The number of quaternary nitrogens is 1. The molecule has 0 aliphatic heterocycles. The standard InChI is InChI=1S/C24H43NO4S/c1-3-4-5-6-7-8-9-10-11-15-19-25(2,21-24(26)22-30(27,28)29)20-18-23-16-13-12-14-17-23/h12-14,16-17,24,26H,3-11,15,18-22H2,1-2H3. The van der Waals surface area contributed by atoms with Crippen LogP contribution >= 0.6 is 0 Å². The highest BCUT2D eigenvalue weighted by Crippen LogP contribution is 2.15. The lowest BCUT2D eigenvalue weighted by atomic mass is 10.1. The summed E-state index contributed by atoms with van der Waals surface area (Å²) in [6.45, 7) is 4.24. The van der Waals surface area contributed by atoms with Crippen molar-refractivity contribution in [2.45, 2.75) is 83.7 Å². The van der Waals surface area contributed by atoms with Gasteiger partial charge in [-0.1, -0.05) is 88.6 Å². The molecule has 2 unspecified atom stereocenters. The summed E-state index contributed by atoms with van der Waals surface area (Å²) in [5.41, 5.74) is 1.23. The molecule has 0 aliphatic rings. The van der Waals surface area contributed by atoms with Crippen molar-refractivity contribution in [2.24, 2.45) is 0 Å². The number of rotatable bonds is 18. The molecule has 174 valence electrons. The number of nitrogens with zero attached hydrogens (tertiary/aromatic N) is 1. The molecule has 0 bridgehead atoms. The van der Waals surface area contributed by atoms with Gasteiger partial charge >= 0.3 is 0 Å². The van der Waals surface area contributed by atoms with E-state index in [-0.39, 0.29) is 0 Å². The van der Waals surface area contributed by atoms with Gasteiger partial charge in [-0.25, -0.2) is 8.42 Å². The molecule has 0 radical (unpaired) electrons. The molecule has 1 N–H and O–H groups in total. The Balaban J connectivity index is 2.42. The number of aliphatic hydroxyl groups excluding tert-OH is 1. The first-order valence-corrected chi connectivity index (χ1v) is 13.3. The first-order chi connectivity index (χ1) is 14.2. The zero-order valence-corrected chi connectivity index (χ0v) is 19.9. The molecule has 0 amide bonds. The van der Waals surface area contributed by atoms with Crippen molar-refractivity contribution in [1.29, 1.82) is 0 Å². The summed E-state index contributed by atoms with van der Waals surface area (Å²) in [5, 5.41) is 10.2. The Bertz CT molecular complexity index is 650. The highest BCUT2D eigenvalue weighted by molar-refractivity contribution is 7.85. The number of unbranched alkanes of at least 4 members (excludes halogenated alkanes) is 9. The summed E-state index contributed by atoms with van der Waals surface area (Å²) in [6.07, 6.45) is 12.4. The van der Waals surface area contributed by atoms with Crippen molar-refractivity contribution in [3.63, 3.8) is 0 Å². The molecular weight excluding hydrogens is 398 g/mol. The molecule has 0 aliphatic carbocycles. The van der Waals surface area contributed by atoms with Crippen LogP contribution in [0, 0.1) is 0 Å². The van der Waals surface area contributed by atoms with Crippen molar-refractivity contribution in [1.82, 2.24) is 0 Å². The summed E-state index contributed by atoms with van der Waals surface area (Å²) in [4.78, 5) is 0. The Kier molecular flexibility index (Phi) is 13.5. The number of benzene rings is 1. The summed E-state index contributed by atoms with van der Waals surface area (Å²) in [5.74, 6) is -0.704. The fourth-order valence-electron chi connectivity index (χ4n) is 4.12. The zero-order chi connectivity index (χ0) is 22.3. The summed E-state index contributed by atoms with van der Waals surface area (Å²) >= 11 is 0. The Morgan fingerprint density at radius 2 is 1.43 bits per heavy atom. The van der Waals surface area contributed by atoms with E-state index in [4.69, 9.17) is 0 Å². The van der Waals surface area contributed by atoms with E-state index < -0.39 is 22.0 Å². The van der Waals surface area contributed by atoms with Crippen LogP contribution in [-0.4, -0.2) is 61.1 Å². The van der Waals surface area contributed by atoms with Gasteiger partial charge in [-0.3, -0.25) is 0 Å². The zero-order valence-electron chi connectivity index (χ0n) is 19.1. The van der Waals surface area contributed by atoms with E-state index in [1.165, 1.54) is 56.9 Å². The van der Waals surface area contributed by atoms with Crippen molar-refractivity contribution in [3.05, 3.63) is 35.9 Å². The van der Waals surface area contributed by atoms with Gasteiger partial charge in [0.05, 0.1) is 36.0 Å². The van der Waals surface area contributed by atoms with E-state index in [2.05, 4.69) is 26.1 Å². The average Bonchev–Trinajstić information content (AvgIpc) is 2.67. The van der Waals surface area contributed by atoms with Gasteiger partial charge in [-0.15, -0.1) is 0 Å². The van der Waals surface area contributed by atoms with Crippen LogP contribution in [0.1, 0.15) is 76.7 Å². The van der Waals surface area contributed by atoms with Crippen LogP contribution in [0.3, 0.4) is 0 Å². The average molecular weight is 442 g/mol. The molecule has 2 atom stereocenters. The topological polar surface area (TPSA) is 77.4 Å². The maximum absolute atomic E-state index is 11.0. The van der Waals surface area contributed by atoms with E-state index >= 15 is 0 Å². The molecule has 1 rings (SSSR count). The van der Waals surface area contributed by atoms with Gasteiger partial charge in [0.1, 0.15) is 12.6 Å². The Labute approximate surface area is 184 Å². The molecule has 30 heavy (non-hydrogen) atoms. The molecule has 1 aromatic rings. The molecule has 5 nitrogen and oxygen atoms in total. The van der Waals surface area contributed by atoms with Crippen LogP contribution in [0.2, 0.25) is 0 Å². The lowest BCUT2D eigenvalue weighted by Crippen LogP contribution is -2.52. The monoisotopic (exact) mass is 441 g/mol. The largest absolute Gasteiger partial charge is 0.748 e. The smallest absolute Gasteiger partial charge is 0.116 e. The first kappa shape index (κ1) is 27.1. The molecule has 0 heterocycles. The van der Waals surface area contributed by atoms with Gasteiger partial charge < -0.3 is 14.1 Å². The predicted octanol–water partition coefficient (Wildman–Crippen LogP) is 4.50. The van der Waals surface area contributed by atoms with Crippen LogP contribution in [0.25, 0.3) is 0 Å². The Hall–Kier alpha value is -0.950. The number of aliphatic hydroxyl groups is 1. The normalized spacial score (nSPS) is 15.1. The molecule has 1 aromatic carbocycles. The fourth-order valence-corrected chi connectivity index (χ4v) is 4.69. The lowest BCUT2D eigenvalue weighted by molar-refractivity contribution is -0.912. The van der Waals surface area contributed by atoms with Gasteiger partial charge in [0.15, 0.2) is 0 Å². The number of hydrogen-bond donors (Lipinski definition) is 1. The van der Waals surface area contributed by atoms with E-state index in [1.807, 2.05) is 18.2 Å². The predicted molar refractivity (Wildman–Crippen MR) is 123 cm³/mol. The second-order valence-corrected chi connectivity index (χ2v) is 10.5. The highest BCUT2D eigenvalue weighted by atomic mass is 32.2. The third kappa shape index (κ3) is 14.1. The minimum Gasteiger partial charge on any atom is -0.748 e. The highest BCUT2D eigenvalue weighted by Gasteiger charge is 2.26. The Morgan fingerprint density at radius 1 is 0.900 bits per heavy atom. The first-order valence-electron chi connectivity index (χ1n) is 11.7. The van der Waals surface area contributed by atoms with Crippen LogP contribution in [-0.2, 0) is 16.5 Å². The molecule has 6 heteroatoms. The second-order valence-electron chi connectivity index (χ2n) is 9.05. The van der Waals surface area contributed by atoms with E-state index in [0.29, 0.717) is 11.0 Å². The van der Waals surface area contributed by atoms with Gasteiger partial charge in [-0.05, 0) is 18.4 Å². The van der Waals surface area contributed by atoms with Crippen LogP contribution < -0.4 is 0 Å². The maximum atomic E-state index is 11.0. The third-order valence-electron chi connectivity index (χ3n) is 5.88. The minimum absolute atomic E-state index is 0.297. The van der Waals surface area contributed by atoms with Gasteiger partial charge in [0, 0.05) is 6.42 Å². The third-order valence-corrected chi connectivity index (χ3v) is 6.68. The molecule has 0 saturated carbocycles. The summed E-state index contributed by atoms with van der Waals surface area (Å²) in [7, 11) is -2.35. The van der Waals surface area contributed by atoms with Crippen molar-refractivity contribution in [2.75, 3.05) is 32.4 Å². The molecule has 0 aromatic heterocycles. The van der Waals surface area contributed by atoms with Gasteiger partial charge in [0.2, 0.25) is 0 Å². The number of likely N-dealkylation sites (N-methyl/N-ethyl adjacent to an activating group) is 1. The fraction of sp³-hybridized carbons (Fsp3) is 0.750. The molecule has 0 saturated heterocycles. The number of hydrogen-bond acceptors (Lipinski definition) is 4. The molecule has 0 fully saturated rings. The van der Waals surface area contributed by atoms with E-state index in [0.717, 1.165) is 32.4 Å². The maximum Gasteiger partial charge on any atom is 0.116 e. The van der Waals surface area contributed by atoms with Crippen LogP contribution in [0.15, 0.2) is 30.3 Å². The lowest BCUT2D eigenvalue weighted by Gasteiger charge is -2.36. The van der Waals surface area contributed by atoms with Gasteiger partial charge in [0.25, 0.3) is 0 Å². The molecule has 0 spiro atoms. The van der Waals surface area contributed by atoms with Crippen molar-refractivity contribution < 1.29 is 22.6 Å². The quantitative estimate of drug-likeness (QED) is 0.207. The summed E-state index contributed by atoms with van der Waals surface area (Å²) in [6, 6.07) is 10.2. The van der Waals surface area contributed by atoms with Crippen molar-refractivity contribution >= 4 is 10.1 Å². The van der Waals surface area contributed by atoms with Crippen molar-refractivity contribution in [3.8, 4) is 0 Å². The van der Waals surface area contributed by atoms with Crippen LogP contribution in [0.4, 0.5) is 0 Å². The van der Waals surface area contributed by atoms with Crippen LogP contribution in [0.5, 0.6) is 0 Å². The SMILES string of the molecule is CCCCCCCCCCCC[N+](C)(CCc1ccccc1)CC(O)CS(=O)(=O)[O-]. The summed E-state index contributed by atoms with van der Waals surface area (Å²) < 4.78 is 33.7. The second kappa shape index (κ2) is 15.0. The van der Waals surface area contributed by atoms with E-state index in [1.54, 1.807) is 0 Å². The van der Waals surface area contributed by atoms with Gasteiger partial charge in [-0.2, -0.15) is 0 Å². The van der Waals surface area contributed by atoms with E-state index in [9.17, 15) is 18.1 Å². The Morgan fingerprint density at radius 3 is 1.97 bits per heavy atom. The minimum atomic E-state index is -4.42. The molecular formula is C24H43NO4S.